The zero-order chi connectivity index (χ0) is 30.9. The van der Waals surface area contributed by atoms with Crippen LogP contribution in [0.2, 0.25) is 0 Å². The highest BCUT2D eigenvalue weighted by Crippen LogP contribution is 2.64. The van der Waals surface area contributed by atoms with E-state index in [0.717, 1.165) is 31.8 Å². The van der Waals surface area contributed by atoms with Gasteiger partial charge in [0.25, 0.3) is 0 Å². The first kappa shape index (κ1) is 31.9. The largest absolute Gasteiger partial charge is 0.533 e. The van der Waals surface area contributed by atoms with E-state index in [1.54, 1.807) is 11.8 Å². The standard InChI is InChI=1S/C36H50O3PS/c1-22-17-26(35(9,10)11)31-29(19-22)41-30-20-23(2)18-27(36(12,13)14)32(30)39-40(37,38-31)28-16-15-24(33(3,4)5)21-25(28)34(6,7)8/h15-21,37H,1-14H3/q+1. The van der Waals surface area contributed by atoms with Crippen LogP contribution < -0.4 is 14.4 Å². The maximum absolute atomic E-state index is 13.0. The first-order valence-corrected chi connectivity index (χ1v) is 17.0. The Bertz CT molecular complexity index is 1410. The third kappa shape index (κ3) is 6.51. The monoisotopic (exact) mass is 593 g/mol. The molecule has 0 aliphatic carbocycles. The molecular weight excluding hydrogens is 543 g/mol. The minimum Gasteiger partial charge on any atom is -0.272 e. The van der Waals surface area contributed by atoms with Crippen LogP contribution in [-0.4, -0.2) is 4.89 Å². The fourth-order valence-corrected chi connectivity index (χ4v) is 8.69. The van der Waals surface area contributed by atoms with Gasteiger partial charge in [-0.25, -0.2) is 0 Å². The second-order valence-corrected chi connectivity index (χ2v) is 18.8. The van der Waals surface area contributed by atoms with Crippen molar-refractivity contribution in [2.45, 2.75) is 128 Å². The number of aryl methyl sites for hydroxylation is 2. The van der Waals surface area contributed by atoms with Crippen molar-refractivity contribution in [3.05, 3.63) is 75.8 Å². The molecule has 3 aromatic rings. The van der Waals surface area contributed by atoms with Crippen LogP contribution in [0.25, 0.3) is 0 Å². The van der Waals surface area contributed by atoms with Crippen LogP contribution in [0.1, 0.15) is 116 Å². The Morgan fingerprint density at radius 3 is 1.34 bits per heavy atom. The van der Waals surface area contributed by atoms with Crippen molar-refractivity contribution < 1.29 is 13.9 Å². The third-order valence-corrected chi connectivity index (χ3v) is 10.5. The first-order chi connectivity index (χ1) is 18.5. The fourth-order valence-electron chi connectivity index (χ4n) is 5.27. The minimum atomic E-state index is -3.69. The molecule has 1 aliphatic heterocycles. The lowest BCUT2D eigenvalue weighted by atomic mass is 9.81. The fraction of sp³-hybridized carbons (Fsp3) is 0.500. The highest BCUT2D eigenvalue weighted by atomic mass is 32.2. The molecule has 0 aromatic heterocycles. The highest BCUT2D eigenvalue weighted by Gasteiger charge is 2.54. The smallest absolute Gasteiger partial charge is 0.272 e. The molecule has 0 unspecified atom stereocenters. The van der Waals surface area contributed by atoms with E-state index in [9.17, 15) is 4.89 Å². The van der Waals surface area contributed by atoms with Gasteiger partial charge in [0.15, 0.2) is 0 Å². The number of benzene rings is 3. The van der Waals surface area contributed by atoms with Crippen LogP contribution >= 0.6 is 19.7 Å². The van der Waals surface area contributed by atoms with Gasteiger partial charge in [0.05, 0.1) is 9.79 Å². The van der Waals surface area contributed by atoms with Gasteiger partial charge in [0.2, 0.25) is 16.8 Å². The zero-order valence-electron chi connectivity index (χ0n) is 27.7. The summed E-state index contributed by atoms with van der Waals surface area (Å²) < 4.78 is 13.9. The quantitative estimate of drug-likeness (QED) is 0.285. The molecule has 1 heterocycles. The van der Waals surface area contributed by atoms with Crippen LogP contribution in [0.15, 0.2) is 52.3 Å². The maximum atomic E-state index is 13.0. The molecule has 1 aliphatic rings. The van der Waals surface area contributed by atoms with Crippen LogP contribution in [0.5, 0.6) is 11.5 Å². The Morgan fingerprint density at radius 2 is 0.976 bits per heavy atom. The number of hydrogen-bond acceptors (Lipinski definition) is 4. The van der Waals surface area contributed by atoms with E-state index in [2.05, 4.69) is 139 Å². The van der Waals surface area contributed by atoms with Crippen molar-refractivity contribution in [2.24, 2.45) is 0 Å². The van der Waals surface area contributed by atoms with Crippen LogP contribution in [0.3, 0.4) is 0 Å². The van der Waals surface area contributed by atoms with E-state index < -0.39 is 7.94 Å². The predicted molar refractivity (Wildman–Crippen MR) is 178 cm³/mol. The van der Waals surface area contributed by atoms with Crippen molar-refractivity contribution in [2.75, 3.05) is 0 Å². The molecule has 0 spiro atoms. The van der Waals surface area contributed by atoms with E-state index in [1.807, 2.05) is 0 Å². The van der Waals surface area contributed by atoms with Gasteiger partial charge in [-0.05, 0) is 70.4 Å². The molecule has 3 nitrogen and oxygen atoms in total. The summed E-state index contributed by atoms with van der Waals surface area (Å²) in [6, 6.07) is 15.2. The topological polar surface area (TPSA) is 38.7 Å². The summed E-state index contributed by atoms with van der Waals surface area (Å²) in [6.07, 6.45) is 0. The Kier molecular flexibility index (Phi) is 8.04. The summed E-state index contributed by atoms with van der Waals surface area (Å²) in [4.78, 5) is 15.0. The Balaban J connectivity index is 2.14. The zero-order valence-corrected chi connectivity index (χ0v) is 29.4. The molecule has 41 heavy (non-hydrogen) atoms. The lowest BCUT2D eigenvalue weighted by Crippen LogP contribution is -2.32. The molecule has 4 rings (SSSR count). The van der Waals surface area contributed by atoms with E-state index in [-0.39, 0.29) is 21.7 Å². The van der Waals surface area contributed by atoms with Crippen molar-refractivity contribution >= 4 is 25.0 Å². The minimum absolute atomic E-state index is 0.0358. The predicted octanol–water partition coefficient (Wildman–Crippen LogP) is 10.5. The Labute approximate surface area is 254 Å². The van der Waals surface area contributed by atoms with E-state index in [1.165, 1.54) is 16.7 Å². The van der Waals surface area contributed by atoms with Crippen LogP contribution in [0, 0.1) is 13.8 Å². The van der Waals surface area contributed by atoms with E-state index >= 15 is 0 Å². The molecule has 1 N–H and O–H groups in total. The van der Waals surface area contributed by atoms with Gasteiger partial charge < -0.3 is 0 Å². The summed E-state index contributed by atoms with van der Waals surface area (Å²) in [5.74, 6) is 1.43. The molecule has 0 saturated heterocycles. The molecule has 222 valence electrons. The molecule has 5 heteroatoms. The average Bonchev–Trinajstić information content (AvgIpc) is 2.78. The summed E-state index contributed by atoms with van der Waals surface area (Å²) >= 11 is 1.67. The van der Waals surface area contributed by atoms with Gasteiger partial charge in [-0.15, -0.1) is 0 Å². The Morgan fingerprint density at radius 1 is 0.561 bits per heavy atom. The Hall–Kier alpha value is -2.00. The van der Waals surface area contributed by atoms with Crippen LogP contribution in [0.4, 0.5) is 0 Å². The average molecular weight is 594 g/mol. The third-order valence-electron chi connectivity index (χ3n) is 7.64. The SMILES string of the molecule is Cc1cc2c(c(C(C)(C)C)c1)O[P+](O)(c1ccc(C(C)(C)C)cc1C(C)(C)C)Oc1c(cc(C)cc1C(C)(C)C)S2. The van der Waals surface area contributed by atoms with Crippen LogP contribution in [-0.2, 0) is 21.7 Å². The van der Waals surface area contributed by atoms with E-state index in [4.69, 9.17) is 9.05 Å². The van der Waals surface area contributed by atoms with Crippen molar-refractivity contribution in [3.63, 3.8) is 0 Å². The van der Waals surface area contributed by atoms with Gasteiger partial charge in [0, 0.05) is 16.7 Å². The molecule has 0 atom stereocenters. The molecule has 3 aromatic carbocycles. The summed E-state index contributed by atoms with van der Waals surface area (Å²) in [5, 5.41) is 0.739. The van der Waals surface area contributed by atoms with E-state index in [0.29, 0.717) is 11.5 Å². The summed E-state index contributed by atoms with van der Waals surface area (Å²) in [5.41, 5.74) is 6.06. The molecule has 0 amide bonds. The lowest BCUT2D eigenvalue weighted by molar-refractivity contribution is 0.343. The number of fused-ring (bicyclic) bond motifs is 2. The van der Waals surface area contributed by atoms with Crippen molar-refractivity contribution in [1.82, 2.24) is 0 Å². The lowest BCUT2D eigenvalue weighted by Gasteiger charge is -2.33. The molecule has 0 radical (unpaired) electrons. The molecule has 0 bridgehead atoms. The molecule has 0 fully saturated rings. The normalized spacial score (nSPS) is 15.7. The van der Waals surface area contributed by atoms with Gasteiger partial charge in [0.1, 0.15) is 0 Å². The molecular formula is C36H50O3PS+. The highest BCUT2D eigenvalue weighted by molar-refractivity contribution is 7.99. The maximum Gasteiger partial charge on any atom is 0.533 e. The summed E-state index contributed by atoms with van der Waals surface area (Å²) in [7, 11) is -3.69. The summed E-state index contributed by atoms with van der Waals surface area (Å²) in [6.45, 7) is 30.7. The van der Waals surface area contributed by atoms with Crippen molar-refractivity contribution in [3.8, 4) is 11.5 Å². The second kappa shape index (κ2) is 10.3. The van der Waals surface area contributed by atoms with Gasteiger partial charge in [-0.2, -0.15) is 4.89 Å². The van der Waals surface area contributed by atoms with Crippen molar-refractivity contribution in [1.29, 1.82) is 0 Å². The molecule has 0 saturated carbocycles. The number of hydrogen-bond donors (Lipinski definition) is 1. The van der Waals surface area contributed by atoms with Gasteiger partial charge >= 0.3 is 7.94 Å². The van der Waals surface area contributed by atoms with Gasteiger partial charge in [-0.3, -0.25) is 9.05 Å². The van der Waals surface area contributed by atoms with Gasteiger partial charge in [-0.1, -0.05) is 119 Å². The first-order valence-electron chi connectivity index (χ1n) is 14.7. The number of rotatable bonds is 1. The second-order valence-electron chi connectivity index (χ2n) is 15.8.